The Hall–Kier alpha value is -2.78. The molecule has 2 aliphatic rings. The van der Waals surface area contributed by atoms with Crippen LogP contribution in [0.1, 0.15) is 26.3 Å². The first-order valence-electron chi connectivity index (χ1n) is 11.2. The summed E-state index contributed by atoms with van der Waals surface area (Å²) in [6, 6.07) is 14.3. The minimum Gasteiger partial charge on any atom is -0.478 e. The first kappa shape index (κ1) is 24.9. The molecule has 1 saturated heterocycles. The highest BCUT2D eigenvalue weighted by Crippen LogP contribution is 2.39. The average Bonchev–Trinajstić information content (AvgIpc) is 2.87. The van der Waals surface area contributed by atoms with E-state index < -0.39 is 5.97 Å². The molecular formula is C26H21BrCl2N2O5. The Bertz CT molecular complexity index is 1340. The number of morpholine rings is 1. The fraction of sp³-hybridized carbons (Fsp3) is 0.231. The van der Waals surface area contributed by atoms with Gasteiger partial charge in [-0.15, -0.1) is 0 Å². The number of amides is 1. The summed E-state index contributed by atoms with van der Waals surface area (Å²) in [4.78, 5) is 28.7. The number of carbonyl (C=O) groups is 2. The molecule has 0 spiro atoms. The zero-order valence-corrected chi connectivity index (χ0v) is 22.1. The number of anilines is 1. The van der Waals surface area contributed by atoms with E-state index in [0.29, 0.717) is 48.8 Å². The quantitative estimate of drug-likeness (QED) is 0.404. The van der Waals surface area contributed by atoms with Crippen molar-refractivity contribution >= 4 is 56.7 Å². The molecule has 0 unspecified atom stereocenters. The molecule has 5 rings (SSSR count). The maximum Gasteiger partial charge on any atom is 0.337 e. The van der Waals surface area contributed by atoms with E-state index in [0.717, 1.165) is 16.7 Å². The van der Waals surface area contributed by atoms with Gasteiger partial charge in [0.2, 0.25) is 0 Å². The van der Waals surface area contributed by atoms with Crippen LogP contribution in [0.5, 0.6) is 5.75 Å². The standard InChI is InChI=1S/C26H21BrCl2N2O5/c27-17-11-20(28)23(21(29)12-17)25(32)31-13-16-2-1-3-18(24(16)36-14-31)15-4-5-19(26(33)34)22(10-15)30-6-8-35-9-7-30/h1-5,10-12H,6-9,13-14H2,(H,33,34). The highest BCUT2D eigenvalue weighted by Gasteiger charge is 2.28. The predicted molar refractivity (Wildman–Crippen MR) is 141 cm³/mol. The van der Waals surface area contributed by atoms with Crippen molar-refractivity contribution in [3.63, 3.8) is 0 Å². The molecule has 3 aromatic carbocycles. The van der Waals surface area contributed by atoms with Crippen LogP contribution in [0.25, 0.3) is 11.1 Å². The number of benzene rings is 3. The monoisotopic (exact) mass is 590 g/mol. The molecule has 0 aromatic heterocycles. The number of aromatic carboxylic acids is 1. The van der Waals surface area contributed by atoms with Crippen molar-refractivity contribution in [1.29, 1.82) is 0 Å². The molecule has 36 heavy (non-hydrogen) atoms. The van der Waals surface area contributed by atoms with E-state index >= 15 is 0 Å². The van der Waals surface area contributed by atoms with Gasteiger partial charge in [0, 0.05) is 28.7 Å². The van der Waals surface area contributed by atoms with Crippen molar-refractivity contribution in [2.75, 3.05) is 37.9 Å². The lowest BCUT2D eigenvalue weighted by Gasteiger charge is -2.32. The van der Waals surface area contributed by atoms with Crippen molar-refractivity contribution in [1.82, 2.24) is 4.90 Å². The number of carboxylic acid groups (broad SMARTS) is 1. The Labute approximate surface area is 226 Å². The fourth-order valence-corrected chi connectivity index (χ4v) is 5.85. The summed E-state index contributed by atoms with van der Waals surface area (Å²) >= 11 is 15.9. The molecule has 0 saturated carbocycles. The van der Waals surface area contributed by atoms with E-state index in [2.05, 4.69) is 15.9 Å². The summed E-state index contributed by atoms with van der Waals surface area (Å²) in [5.74, 6) is -0.645. The van der Waals surface area contributed by atoms with E-state index in [1.165, 1.54) is 0 Å². The van der Waals surface area contributed by atoms with Gasteiger partial charge < -0.3 is 24.4 Å². The Morgan fingerprint density at radius 3 is 2.42 bits per heavy atom. The van der Waals surface area contributed by atoms with Crippen molar-refractivity contribution in [3.8, 4) is 16.9 Å². The zero-order chi connectivity index (χ0) is 25.4. The van der Waals surface area contributed by atoms with Crippen molar-refractivity contribution < 1.29 is 24.2 Å². The Balaban J connectivity index is 1.47. The minimum atomic E-state index is -0.978. The van der Waals surface area contributed by atoms with Gasteiger partial charge in [-0.3, -0.25) is 4.79 Å². The molecule has 0 bridgehead atoms. The Morgan fingerprint density at radius 2 is 1.72 bits per heavy atom. The Morgan fingerprint density at radius 1 is 1.00 bits per heavy atom. The minimum absolute atomic E-state index is 0.0229. The lowest BCUT2D eigenvalue weighted by Crippen LogP contribution is -2.37. The third-order valence-electron chi connectivity index (χ3n) is 6.22. The third kappa shape index (κ3) is 4.78. The van der Waals surface area contributed by atoms with Crippen LogP contribution in [0, 0.1) is 0 Å². The molecule has 0 radical (unpaired) electrons. The SMILES string of the molecule is O=C(O)c1ccc(-c2cccc3c2OCN(C(=O)c2c(Cl)cc(Br)cc2Cl)C3)cc1N1CCOCC1. The van der Waals surface area contributed by atoms with Crippen molar-refractivity contribution in [3.05, 3.63) is 79.7 Å². The number of para-hydroxylation sites is 1. The highest BCUT2D eigenvalue weighted by molar-refractivity contribution is 9.10. The molecule has 0 aliphatic carbocycles. The van der Waals surface area contributed by atoms with Gasteiger partial charge in [-0.2, -0.15) is 0 Å². The first-order valence-corrected chi connectivity index (χ1v) is 12.8. The molecular weight excluding hydrogens is 571 g/mol. The predicted octanol–water partition coefficient (Wildman–Crippen LogP) is 5.95. The summed E-state index contributed by atoms with van der Waals surface area (Å²) in [5.41, 5.74) is 3.60. The molecule has 1 amide bonds. The van der Waals surface area contributed by atoms with E-state index in [4.69, 9.17) is 32.7 Å². The number of ether oxygens (including phenoxy) is 2. The Kier molecular flexibility index (Phi) is 7.12. The topological polar surface area (TPSA) is 79.3 Å². The lowest BCUT2D eigenvalue weighted by atomic mass is 9.97. The molecule has 2 heterocycles. The maximum absolute atomic E-state index is 13.2. The molecule has 2 aliphatic heterocycles. The van der Waals surface area contributed by atoms with Gasteiger partial charge in [-0.1, -0.05) is 63.4 Å². The van der Waals surface area contributed by atoms with E-state index in [9.17, 15) is 14.7 Å². The maximum atomic E-state index is 13.2. The van der Waals surface area contributed by atoms with E-state index in [1.54, 1.807) is 29.2 Å². The normalized spacial score (nSPS) is 15.3. The van der Waals surface area contributed by atoms with Gasteiger partial charge in [0.15, 0.2) is 6.73 Å². The number of carboxylic acids is 1. The molecule has 7 nitrogen and oxygen atoms in total. The summed E-state index contributed by atoms with van der Waals surface area (Å²) in [6.07, 6.45) is 0. The number of nitrogens with zero attached hydrogens (tertiary/aromatic N) is 2. The summed E-state index contributed by atoms with van der Waals surface area (Å²) in [7, 11) is 0. The fourth-order valence-electron chi connectivity index (χ4n) is 4.48. The molecule has 3 aromatic rings. The summed E-state index contributed by atoms with van der Waals surface area (Å²) in [6.45, 7) is 2.66. The largest absolute Gasteiger partial charge is 0.478 e. The smallest absolute Gasteiger partial charge is 0.337 e. The molecule has 1 fully saturated rings. The second-order valence-corrected chi connectivity index (χ2v) is 10.2. The van der Waals surface area contributed by atoms with E-state index in [1.807, 2.05) is 29.2 Å². The van der Waals surface area contributed by atoms with Crippen LogP contribution in [0.15, 0.2) is 53.0 Å². The molecule has 1 N–H and O–H groups in total. The zero-order valence-electron chi connectivity index (χ0n) is 19.0. The van der Waals surface area contributed by atoms with Crippen LogP contribution >= 0.6 is 39.1 Å². The van der Waals surface area contributed by atoms with Gasteiger partial charge in [0.25, 0.3) is 5.91 Å². The third-order valence-corrected chi connectivity index (χ3v) is 7.28. The molecule has 0 atom stereocenters. The highest BCUT2D eigenvalue weighted by atomic mass is 79.9. The summed E-state index contributed by atoms with van der Waals surface area (Å²) < 4.78 is 12.2. The average molecular weight is 592 g/mol. The second-order valence-electron chi connectivity index (χ2n) is 8.45. The number of halogens is 3. The van der Waals surface area contributed by atoms with Crippen molar-refractivity contribution in [2.45, 2.75) is 6.54 Å². The van der Waals surface area contributed by atoms with Gasteiger partial charge >= 0.3 is 5.97 Å². The van der Waals surface area contributed by atoms with E-state index in [-0.39, 0.29) is 33.8 Å². The number of hydrogen-bond donors (Lipinski definition) is 1. The van der Waals surface area contributed by atoms with Crippen LogP contribution in [-0.4, -0.2) is 54.9 Å². The molecule has 186 valence electrons. The van der Waals surface area contributed by atoms with Crippen LogP contribution in [0.4, 0.5) is 5.69 Å². The first-order chi connectivity index (χ1) is 17.3. The van der Waals surface area contributed by atoms with Crippen LogP contribution in [0.2, 0.25) is 10.0 Å². The summed E-state index contributed by atoms with van der Waals surface area (Å²) in [5, 5.41) is 10.3. The number of carbonyl (C=O) groups excluding carboxylic acids is 1. The number of fused-ring (bicyclic) bond motifs is 1. The van der Waals surface area contributed by atoms with Gasteiger partial charge in [-0.25, -0.2) is 4.79 Å². The number of rotatable bonds is 4. The van der Waals surface area contributed by atoms with Crippen LogP contribution < -0.4 is 9.64 Å². The van der Waals surface area contributed by atoms with Crippen LogP contribution in [-0.2, 0) is 11.3 Å². The van der Waals surface area contributed by atoms with Crippen molar-refractivity contribution in [2.24, 2.45) is 0 Å². The van der Waals surface area contributed by atoms with Gasteiger partial charge in [0.05, 0.1) is 46.6 Å². The van der Waals surface area contributed by atoms with Crippen LogP contribution in [0.3, 0.4) is 0 Å². The lowest BCUT2D eigenvalue weighted by molar-refractivity contribution is 0.0516. The van der Waals surface area contributed by atoms with Gasteiger partial charge in [0.1, 0.15) is 5.75 Å². The number of hydrogen-bond acceptors (Lipinski definition) is 5. The molecule has 10 heteroatoms. The second kappa shape index (κ2) is 10.3. The van der Waals surface area contributed by atoms with Gasteiger partial charge in [-0.05, 0) is 29.8 Å².